The highest BCUT2D eigenvalue weighted by molar-refractivity contribution is 8.03. The number of nitrogens with zero attached hydrogens (tertiary/aromatic N) is 4. The highest BCUT2D eigenvalue weighted by atomic mass is 32.2. The van der Waals surface area contributed by atoms with Crippen molar-refractivity contribution in [2.24, 2.45) is 10.9 Å². The molecule has 1 saturated heterocycles. The first-order valence-corrected chi connectivity index (χ1v) is 14.3. The first-order valence-electron chi connectivity index (χ1n) is 11.5. The standard InChI is InChI=1S/C22H22F3N7O5S3/c23-22(24,25)17-14(30-21(27)40-17)15(31-37)18(33)29-13-10-3-4-12(16(20(35)36)32(10)19(13)34)39-11-2-1-6-28-9(11)8-38-7-5-26/h1-2,6,10,13,37H,3-5,7-8,26H2,(H2,27,30)(H,29,33)(H,35,36)/b31-15-/t10-,13+/m1/s1. The van der Waals surface area contributed by atoms with Gasteiger partial charge in [0.2, 0.25) is 0 Å². The summed E-state index contributed by atoms with van der Waals surface area (Å²) in [7, 11) is 0. The number of amides is 2. The van der Waals surface area contributed by atoms with Gasteiger partial charge in [0, 0.05) is 34.0 Å². The van der Waals surface area contributed by atoms with E-state index in [-0.39, 0.29) is 29.9 Å². The van der Waals surface area contributed by atoms with E-state index < -0.39 is 57.5 Å². The number of pyridine rings is 1. The Balaban J connectivity index is 1.54. The number of anilines is 1. The summed E-state index contributed by atoms with van der Waals surface area (Å²) in [6, 6.07) is 1.48. The number of fused-ring (bicyclic) bond motifs is 1. The van der Waals surface area contributed by atoms with Crippen LogP contribution in [0, 0.1) is 0 Å². The van der Waals surface area contributed by atoms with Crippen molar-refractivity contribution in [1.29, 1.82) is 0 Å². The van der Waals surface area contributed by atoms with E-state index >= 15 is 0 Å². The Labute approximate surface area is 237 Å². The molecule has 2 atom stereocenters. The maximum Gasteiger partial charge on any atom is 0.427 e. The average molecular weight is 618 g/mol. The second kappa shape index (κ2) is 12.0. The monoisotopic (exact) mass is 617 g/mol. The number of carbonyl (C=O) groups is 3. The van der Waals surface area contributed by atoms with Crippen LogP contribution >= 0.6 is 34.9 Å². The van der Waals surface area contributed by atoms with Gasteiger partial charge in [0.25, 0.3) is 11.8 Å². The number of rotatable bonds is 10. The van der Waals surface area contributed by atoms with Crippen molar-refractivity contribution in [2.75, 3.05) is 18.0 Å². The molecule has 0 saturated carbocycles. The summed E-state index contributed by atoms with van der Waals surface area (Å²) >= 11 is 2.82. The predicted octanol–water partition coefficient (Wildman–Crippen LogP) is 2.09. The molecule has 18 heteroatoms. The quantitative estimate of drug-likeness (QED) is 0.0860. The number of aliphatic carboxylic acids is 1. The van der Waals surface area contributed by atoms with Gasteiger partial charge in [-0.15, -0.1) is 0 Å². The highest BCUT2D eigenvalue weighted by Gasteiger charge is 2.54. The van der Waals surface area contributed by atoms with Crippen LogP contribution in [0.1, 0.15) is 29.1 Å². The van der Waals surface area contributed by atoms with Crippen LogP contribution in [0.5, 0.6) is 0 Å². The van der Waals surface area contributed by atoms with Crippen molar-refractivity contribution in [3.05, 3.63) is 45.2 Å². The number of hydrogen-bond donors (Lipinski definition) is 5. The SMILES string of the molecule is NCCSCc1ncccc1SC1=C(C(=O)O)N2C(=O)[C@@H](NC(=O)/C(=N\O)c3nc(N)sc3C(F)(F)F)[C@H]2CC1. The Kier molecular flexibility index (Phi) is 8.91. The number of allylic oxidation sites excluding steroid dienone is 1. The highest BCUT2D eigenvalue weighted by Crippen LogP contribution is 2.44. The number of nitrogens with two attached hydrogens (primary N) is 2. The number of alkyl halides is 3. The van der Waals surface area contributed by atoms with Crippen LogP contribution < -0.4 is 16.8 Å². The molecule has 2 amide bonds. The number of carboxylic acid groups (broad SMARTS) is 1. The Hall–Kier alpha value is -3.35. The molecule has 0 spiro atoms. The molecular weight excluding hydrogens is 595 g/mol. The lowest BCUT2D eigenvalue weighted by Crippen LogP contribution is -2.72. The number of nitrogen functional groups attached to an aromatic ring is 1. The molecule has 2 aliphatic heterocycles. The average Bonchev–Trinajstić information content (AvgIpc) is 3.30. The summed E-state index contributed by atoms with van der Waals surface area (Å²) in [4.78, 5) is 46.7. The third kappa shape index (κ3) is 5.89. The van der Waals surface area contributed by atoms with Gasteiger partial charge >= 0.3 is 12.1 Å². The smallest absolute Gasteiger partial charge is 0.427 e. The second-order valence-corrected chi connectivity index (χ2v) is 11.7. The third-order valence-electron chi connectivity index (χ3n) is 5.90. The van der Waals surface area contributed by atoms with Crippen LogP contribution in [0.25, 0.3) is 0 Å². The molecule has 2 aliphatic rings. The molecule has 12 nitrogen and oxygen atoms in total. The Bertz CT molecular complexity index is 1400. The minimum atomic E-state index is -4.93. The van der Waals surface area contributed by atoms with E-state index in [1.165, 1.54) is 11.8 Å². The van der Waals surface area contributed by atoms with Crippen LogP contribution in [0.15, 0.2) is 39.0 Å². The Morgan fingerprint density at radius 3 is 2.75 bits per heavy atom. The predicted molar refractivity (Wildman–Crippen MR) is 142 cm³/mol. The number of thioether (sulfide) groups is 2. The minimum Gasteiger partial charge on any atom is -0.477 e. The van der Waals surface area contributed by atoms with Gasteiger partial charge in [0.15, 0.2) is 10.8 Å². The Morgan fingerprint density at radius 2 is 2.10 bits per heavy atom. The Morgan fingerprint density at radius 1 is 1.35 bits per heavy atom. The number of oxime groups is 1. The molecule has 40 heavy (non-hydrogen) atoms. The fraction of sp³-hybridized carbons (Fsp3) is 0.364. The molecule has 0 aliphatic carbocycles. The molecule has 1 fully saturated rings. The molecule has 214 valence electrons. The molecule has 0 radical (unpaired) electrons. The maximum absolute atomic E-state index is 13.4. The molecule has 2 aromatic rings. The summed E-state index contributed by atoms with van der Waals surface area (Å²) in [6.45, 7) is 0.497. The molecule has 4 heterocycles. The van der Waals surface area contributed by atoms with Gasteiger partial charge in [-0.3, -0.25) is 19.5 Å². The van der Waals surface area contributed by atoms with Gasteiger partial charge in [-0.25, -0.2) is 9.78 Å². The summed E-state index contributed by atoms with van der Waals surface area (Å²) in [5.74, 6) is -2.14. The van der Waals surface area contributed by atoms with Crippen LogP contribution in [-0.4, -0.2) is 73.1 Å². The summed E-state index contributed by atoms with van der Waals surface area (Å²) in [5.41, 5.74) is 9.35. The fourth-order valence-corrected chi connectivity index (χ4v) is 6.92. The summed E-state index contributed by atoms with van der Waals surface area (Å²) in [6.07, 6.45) is -2.80. The van der Waals surface area contributed by atoms with Crippen molar-refractivity contribution >= 4 is 63.5 Å². The van der Waals surface area contributed by atoms with E-state index in [1.54, 1.807) is 30.1 Å². The number of thiazole rings is 1. The van der Waals surface area contributed by atoms with Gasteiger partial charge in [-0.1, -0.05) is 28.3 Å². The lowest BCUT2D eigenvalue weighted by molar-refractivity contribution is -0.155. The zero-order chi connectivity index (χ0) is 29.2. The molecule has 4 rings (SSSR count). The number of β-lactam (4-membered cyclic amide) rings is 1. The van der Waals surface area contributed by atoms with Crippen molar-refractivity contribution in [3.63, 3.8) is 0 Å². The van der Waals surface area contributed by atoms with Gasteiger partial charge in [0.1, 0.15) is 22.3 Å². The van der Waals surface area contributed by atoms with Crippen LogP contribution in [0.3, 0.4) is 0 Å². The number of hydrogen-bond acceptors (Lipinski definition) is 12. The first-order chi connectivity index (χ1) is 19.0. The zero-order valence-electron chi connectivity index (χ0n) is 20.3. The van der Waals surface area contributed by atoms with Crippen molar-refractivity contribution < 1.29 is 37.9 Å². The first kappa shape index (κ1) is 29.6. The maximum atomic E-state index is 13.4. The third-order valence-corrected chi connectivity index (χ3v) is 9.07. The van der Waals surface area contributed by atoms with E-state index in [2.05, 4.69) is 20.4 Å². The van der Waals surface area contributed by atoms with Gasteiger partial charge in [0.05, 0.1) is 11.7 Å². The second-order valence-electron chi connectivity index (χ2n) is 8.41. The van der Waals surface area contributed by atoms with Crippen molar-refractivity contribution in [2.45, 2.75) is 41.7 Å². The van der Waals surface area contributed by atoms with Crippen molar-refractivity contribution in [3.8, 4) is 0 Å². The van der Waals surface area contributed by atoms with E-state index in [1.807, 2.05) is 0 Å². The summed E-state index contributed by atoms with van der Waals surface area (Å²) in [5, 5.41) is 23.7. The van der Waals surface area contributed by atoms with E-state index in [0.29, 0.717) is 17.2 Å². The van der Waals surface area contributed by atoms with Gasteiger partial charge < -0.3 is 27.1 Å². The number of nitrogens with one attached hydrogen (secondary N) is 1. The summed E-state index contributed by atoms with van der Waals surface area (Å²) < 4.78 is 40.1. The zero-order valence-corrected chi connectivity index (χ0v) is 22.8. The molecule has 0 bridgehead atoms. The minimum absolute atomic E-state index is 0.0599. The molecule has 2 aromatic heterocycles. The number of halogens is 3. The number of carboxylic acids is 1. The molecule has 7 N–H and O–H groups in total. The van der Waals surface area contributed by atoms with Crippen LogP contribution in [0.4, 0.5) is 18.3 Å². The van der Waals surface area contributed by atoms with Gasteiger partial charge in [-0.2, -0.15) is 24.9 Å². The lowest BCUT2D eigenvalue weighted by Gasteiger charge is -2.50. The molecule has 0 aromatic carbocycles. The number of carbonyl (C=O) groups excluding carboxylic acids is 2. The fourth-order valence-electron chi connectivity index (χ4n) is 4.24. The number of aromatic nitrogens is 2. The molecular formula is C22H22F3N7O5S3. The normalized spacial score (nSPS) is 19.4. The van der Waals surface area contributed by atoms with Crippen LogP contribution in [0.2, 0.25) is 0 Å². The van der Waals surface area contributed by atoms with Gasteiger partial charge in [-0.05, 0) is 25.0 Å². The van der Waals surface area contributed by atoms with E-state index in [4.69, 9.17) is 11.5 Å². The van der Waals surface area contributed by atoms with Crippen molar-refractivity contribution in [1.82, 2.24) is 20.2 Å². The van der Waals surface area contributed by atoms with E-state index in [9.17, 15) is 37.9 Å². The lowest BCUT2D eigenvalue weighted by atomic mass is 9.86. The molecule has 0 unspecified atom stereocenters. The van der Waals surface area contributed by atoms with Crippen LogP contribution in [-0.2, 0) is 26.3 Å². The largest absolute Gasteiger partial charge is 0.477 e. The van der Waals surface area contributed by atoms with E-state index in [0.717, 1.165) is 21.2 Å². The topological polar surface area (TPSA) is 197 Å².